The highest BCUT2D eigenvalue weighted by Crippen LogP contribution is 2.62. The normalized spacial score (nSPS) is 28.4. The average molecular weight is 314 g/mol. The quantitative estimate of drug-likeness (QED) is 0.562. The van der Waals surface area contributed by atoms with Gasteiger partial charge < -0.3 is 0 Å². The summed E-state index contributed by atoms with van der Waals surface area (Å²) in [5.74, 6) is 0. The standard InChI is InChI=1S/C24H26/c1-15-17(3)23(5,21-13-9-7-11-19(15)21)24(6)18(4)16(2)20-12-8-10-14-22(20)24/h7-14H,1-6H3/t23-,24-/m1/s1. The molecule has 0 heterocycles. The van der Waals surface area contributed by atoms with E-state index in [1.807, 2.05) is 0 Å². The zero-order chi connectivity index (χ0) is 17.3. The van der Waals surface area contributed by atoms with Gasteiger partial charge in [0.1, 0.15) is 0 Å². The molecule has 2 aliphatic rings. The highest BCUT2D eigenvalue weighted by molar-refractivity contribution is 5.85. The second-order valence-electron chi connectivity index (χ2n) is 7.84. The lowest BCUT2D eigenvalue weighted by Crippen LogP contribution is -2.45. The van der Waals surface area contributed by atoms with E-state index in [0.29, 0.717) is 0 Å². The van der Waals surface area contributed by atoms with E-state index < -0.39 is 0 Å². The molecule has 4 rings (SSSR count). The van der Waals surface area contributed by atoms with Crippen LogP contribution in [0.1, 0.15) is 63.8 Å². The van der Waals surface area contributed by atoms with Crippen molar-refractivity contribution in [1.82, 2.24) is 0 Å². The first kappa shape index (κ1) is 15.4. The van der Waals surface area contributed by atoms with E-state index in [1.165, 1.54) is 44.5 Å². The van der Waals surface area contributed by atoms with Crippen LogP contribution in [0.25, 0.3) is 11.1 Å². The maximum Gasteiger partial charge on any atom is 0.0274 e. The van der Waals surface area contributed by atoms with Gasteiger partial charge in [-0.05, 0) is 61.1 Å². The maximum absolute atomic E-state index is 2.45. The van der Waals surface area contributed by atoms with Gasteiger partial charge in [-0.15, -0.1) is 0 Å². The number of rotatable bonds is 1. The number of fused-ring (bicyclic) bond motifs is 2. The van der Waals surface area contributed by atoms with Gasteiger partial charge in [0, 0.05) is 10.8 Å². The maximum atomic E-state index is 2.45. The largest absolute Gasteiger partial charge is 0.0619 e. The van der Waals surface area contributed by atoms with Crippen molar-refractivity contribution in [2.75, 3.05) is 0 Å². The Morgan fingerprint density at radius 2 is 0.875 bits per heavy atom. The third kappa shape index (κ3) is 1.50. The summed E-state index contributed by atoms with van der Waals surface area (Å²) < 4.78 is 0. The molecular weight excluding hydrogens is 288 g/mol. The van der Waals surface area contributed by atoms with Gasteiger partial charge in [-0.1, -0.05) is 73.5 Å². The third-order valence-corrected chi connectivity index (χ3v) is 7.36. The van der Waals surface area contributed by atoms with E-state index in [4.69, 9.17) is 0 Å². The number of allylic oxidation sites excluding steroid dienone is 4. The molecule has 0 amide bonds. The van der Waals surface area contributed by atoms with Gasteiger partial charge in [0.15, 0.2) is 0 Å². The third-order valence-electron chi connectivity index (χ3n) is 7.36. The molecule has 2 aliphatic carbocycles. The van der Waals surface area contributed by atoms with Crippen LogP contribution >= 0.6 is 0 Å². The minimum atomic E-state index is -0.00831. The van der Waals surface area contributed by atoms with Crippen LogP contribution in [0.3, 0.4) is 0 Å². The molecule has 0 saturated heterocycles. The molecule has 2 aromatic carbocycles. The Hall–Kier alpha value is -2.08. The van der Waals surface area contributed by atoms with Crippen molar-refractivity contribution in [2.24, 2.45) is 0 Å². The molecule has 24 heavy (non-hydrogen) atoms. The first-order chi connectivity index (χ1) is 11.3. The molecule has 2 atom stereocenters. The van der Waals surface area contributed by atoms with E-state index in [0.717, 1.165) is 0 Å². The summed E-state index contributed by atoms with van der Waals surface area (Å²) in [5.41, 5.74) is 11.7. The van der Waals surface area contributed by atoms with Gasteiger partial charge in [-0.25, -0.2) is 0 Å². The smallest absolute Gasteiger partial charge is 0.0274 e. The summed E-state index contributed by atoms with van der Waals surface area (Å²) in [4.78, 5) is 0. The molecule has 2 aromatic rings. The Bertz CT molecular complexity index is 847. The summed E-state index contributed by atoms with van der Waals surface area (Å²) in [5, 5.41) is 0. The summed E-state index contributed by atoms with van der Waals surface area (Å²) in [7, 11) is 0. The van der Waals surface area contributed by atoms with Gasteiger partial charge in [0.05, 0.1) is 0 Å². The SMILES string of the molecule is CC1=C(C)[C@@](C)([C@]2(C)C(C)=C(C)c3ccccc32)c2ccccc21. The van der Waals surface area contributed by atoms with Crippen molar-refractivity contribution < 1.29 is 0 Å². The monoisotopic (exact) mass is 314 g/mol. The number of benzene rings is 2. The Morgan fingerprint density at radius 3 is 1.25 bits per heavy atom. The lowest BCUT2D eigenvalue weighted by atomic mass is 9.56. The average Bonchev–Trinajstić information content (AvgIpc) is 2.94. The fourth-order valence-corrected chi connectivity index (χ4v) is 5.34. The van der Waals surface area contributed by atoms with Crippen LogP contribution in [0.15, 0.2) is 59.7 Å². The molecule has 0 nitrogen and oxygen atoms in total. The highest BCUT2D eigenvalue weighted by atomic mass is 14.6. The zero-order valence-electron chi connectivity index (χ0n) is 15.6. The van der Waals surface area contributed by atoms with E-state index in [2.05, 4.69) is 90.1 Å². The van der Waals surface area contributed by atoms with Crippen LogP contribution in [0.2, 0.25) is 0 Å². The predicted molar refractivity (Wildman–Crippen MR) is 104 cm³/mol. The minimum Gasteiger partial charge on any atom is -0.0619 e. The molecule has 0 unspecified atom stereocenters. The Morgan fingerprint density at radius 1 is 0.542 bits per heavy atom. The highest BCUT2D eigenvalue weighted by Gasteiger charge is 2.55. The second-order valence-corrected chi connectivity index (χ2v) is 7.84. The molecule has 0 saturated carbocycles. The topological polar surface area (TPSA) is 0 Å². The fraction of sp³-hybridized carbons (Fsp3) is 0.333. The molecule has 0 N–H and O–H groups in total. The molecule has 122 valence electrons. The number of hydrogen-bond donors (Lipinski definition) is 0. The van der Waals surface area contributed by atoms with Crippen LogP contribution in [-0.4, -0.2) is 0 Å². The number of hydrogen-bond acceptors (Lipinski definition) is 0. The first-order valence-corrected chi connectivity index (χ1v) is 8.90. The van der Waals surface area contributed by atoms with Crippen molar-refractivity contribution >= 4 is 11.1 Å². The van der Waals surface area contributed by atoms with Gasteiger partial charge in [-0.3, -0.25) is 0 Å². The van der Waals surface area contributed by atoms with Gasteiger partial charge >= 0.3 is 0 Å². The van der Waals surface area contributed by atoms with E-state index >= 15 is 0 Å². The van der Waals surface area contributed by atoms with Gasteiger partial charge in [0.25, 0.3) is 0 Å². The van der Waals surface area contributed by atoms with Gasteiger partial charge in [0.2, 0.25) is 0 Å². The van der Waals surface area contributed by atoms with Crippen LogP contribution < -0.4 is 0 Å². The van der Waals surface area contributed by atoms with E-state index in [9.17, 15) is 0 Å². The summed E-state index contributed by atoms with van der Waals surface area (Å²) >= 11 is 0. The summed E-state index contributed by atoms with van der Waals surface area (Å²) in [6.07, 6.45) is 0. The molecule has 0 fully saturated rings. The molecule has 0 spiro atoms. The van der Waals surface area contributed by atoms with E-state index in [-0.39, 0.29) is 10.8 Å². The Kier molecular flexibility index (Phi) is 3.04. The van der Waals surface area contributed by atoms with Crippen molar-refractivity contribution in [3.63, 3.8) is 0 Å². The van der Waals surface area contributed by atoms with Crippen molar-refractivity contribution in [3.05, 3.63) is 81.9 Å². The first-order valence-electron chi connectivity index (χ1n) is 8.90. The van der Waals surface area contributed by atoms with Crippen molar-refractivity contribution in [2.45, 2.75) is 52.4 Å². The summed E-state index contributed by atoms with van der Waals surface area (Å²) in [6.45, 7) is 14.2. The predicted octanol–water partition coefficient (Wildman–Crippen LogP) is 6.52. The molecule has 0 radical (unpaired) electrons. The lowest BCUT2D eigenvalue weighted by Gasteiger charge is -2.46. The lowest BCUT2D eigenvalue weighted by molar-refractivity contribution is 0.358. The van der Waals surface area contributed by atoms with E-state index in [1.54, 1.807) is 0 Å². The molecular formula is C24H26. The Labute approximate surface area is 145 Å². The molecule has 0 heteroatoms. The second kappa shape index (κ2) is 4.72. The van der Waals surface area contributed by atoms with Crippen LogP contribution in [0.4, 0.5) is 0 Å². The Balaban J connectivity index is 2.10. The molecule has 0 bridgehead atoms. The fourth-order valence-electron chi connectivity index (χ4n) is 5.34. The van der Waals surface area contributed by atoms with Crippen LogP contribution in [-0.2, 0) is 10.8 Å². The summed E-state index contributed by atoms with van der Waals surface area (Å²) in [6, 6.07) is 18.0. The zero-order valence-corrected chi connectivity index (χ0v) is 15.6. The molecule has 0 aliphatic heterocycles. The minimum absolute atomic E-state index is 0.00831. The van der Waals surface area contributed by atoms with Crippen LogP contribution in [0, 0.1) is 0 Å². The van der Waals surface area contributed by atoms with Crippen molar-refractivity contribution in [1.29, 1.82) is 0 Å². The van der Waals surface area contributed by atoms with Gasteiger partial charge in [-0.2, -0.15) is 0 Å². The van der Waals surface area contributed by atoms with Crippen LogP contribution in [0.5, 0.6) is 0 Å². The van der Waals surface area contributed by atoms with Crippen molar-refractivity contribution in [3.8, 4) is 0 Å². The molecule has 0 aromatic heterocycles.